The molecule has 24 rings (SSSR count). The minimum absolute atomic E-state index is 0.0390. The average Bonchev–Trinajstić information content (AvgIpc) is 1.57. The van der Waals surface area contributed by atoms with Crippen LogP contribution in [0.1, 0.15) is 74.9 Å². The molecule has 3 aromatic heterocycles. The smallest absolute Gasteiger partial charge is 0.164 e. The number of rotatable bonds is 12. The molecule has 3 aliphatic carbocycles. The highest BCUT2D eigenvalue weighted by atomic mass is 15.1. The lowest BCUT2D eigenvalue weighted by Crippen LogP contribution is -2.16. The van der Waals surface area contributed by atoms with E-state index in [1.54, 1.807) is 0 Å². The van der Waals surface area contributed by atoms with Crippen molar-refractivity contribution in [3.05, 3.63) is 452 Å². The van der Waals surface area contributed by atoms with Gasteiger partial charge in [0.2, 0.25) is 0 Å². The second-order valence-electron chi connectivity index (χ2n) is 35.2. The fourth-order valence-electron chi connectivity index (χ4n) is 19.3. The van der Waals surface area contributed by atoms with E-state index in [0.717, 1.165) is 50.1 Å². The van der Waals surface area contributed by atoms with E-state index in [-0.39, 0.29) is 16.2 Å². The van der Waals surface area contributed by atoms with Crippen LogP contribution in [0, 0.1) is 0 Å². The molecular weight excluding hydrogens is 1570 g/mol. The lowest BCUT2D eigenvalue weighted by molar-refractivity contribution is 0.661. The summed E-state index contributed by atoms with van der Waals surface area (Å²) in [4.78, 5) is 43.9. The third-order valence-corrected chi connectivity index (χ3v) is 26.1. The van der Waals surface area contributed by atoms with Crippen LogP contribution in [0.5, 0.6) is 0 Å². The quantitative estimate of drug-likeness (QED) is 0.118. The molecule has 18 aromatic carbocycles. The number of aromatic nitrogens is 9. The zero-order chi connectivity index (χ0) is 86.9. The van der Waals surface area contributed by atoms with Gasteiger partial charge in [0, 0.05) is 66.3 Å². The molecule has 0 saturated heterocycles. The minimum Gasteiger partial charge on any atom is -0.208 e. The summed E-state index contributed by atoms with van der Waals surface area (Å²) in [5.74, 6) is 6.00. The summed E-state index contributed by atoms with van der Waals surface area (Å²) in [6.07, 6.45) is 0. The summed E-state index contributed by atoms with van der Waals surface area (Å²) in [5, 5.41) is 7.72. The van der Waals surface area contributed by atoms with E-state index in [0.29, 0.717) is 52.4 Å². The molecule has 0 amide bonds. The van der Waals surface area contributed by atoms with Gasteiger partial charge in [-0.05, 0) is 181 Å². The molecule has 0 saturated carbocycles. The van der Waals surface area contributed by atoms with Crippen molar-refractivity contribution < 1.29 is 0 Å². The zero-order valence-corrected chi connectivity index (χ0v) is 72.4. The maximum atomic E-state index is 4.91. The van der Waals surface area contributed by atoms with E-state index >= 15 is 0 Å². The van der Waals surface area contributed by atoms with Crippen LogP contribution in [0.4, 0.5) is 0 Å². The van der Waals surface area contributed by atoms with Crippen molar-refractivity contribution in [2.45, 2.75) is 57.8 Å². The van der Waals surface area contributed by atoms with Crippen molar-refractivity contribution in [3.63, 3.8) is 0 Å². The summed E-state index contributed by atoms with van der Waals surface area (Å²) in [7, 11) is 0. The Bertz CT molecular complexity index is 7690. The van der Waals surface area contributed by atoms with E-state index in [2.05, 4.69) is 278 Å². The van der Waals surface area contributed by atoms with Gasteiger partial charge < -0.3 is 0 Å². The summed E-state index contributed by atoms with van der Waals surface area (Å²) in [5.41, 5.74) is 32.0. The lowest BCUT2D eigenvalue weighted by atomic mass is 9.78. The van der Waals surface area contributed by atoms with Crippen LogP contribution < -0.4 is 0 Å². The molecule has 0 unspecified atom stereocenters. The highest BCUT2D eigenvalue weighted by Crippen LogP contribution is 2.56. The average molecular weight is 1660 g/mol. The van der Waals surface area contributed by atoms with Crippen LogP contribution >= 0.6 is 0 Å². The van der Waals surface area contributed by atoms with E-state index in [1.165, 1.54) is 132 Å². The first-order chi connectivity index (χ1) is 63.1. The molecule has 0 fully saturated rings. The van der Waals surface area contributed by atoms with E-state index < -0.39 is 0 Å². The number of nitrogens with zero attached hydrogens (tertiary/aromatic N) is 9. The largest absolute Gasteiger partial charge is 0.208 e. The van der Waals surface area contributed by atoms with Gasteiger partial charge in [-0.3, -0.25) is 0 Å². The molecule has 612 valence electrons. The van der Waals surface area contributed by atoms with Crippen molar-refractivity contribution in [1.82, 2.24) is 44.9 Å². The Hall–Kier alpha value is -16.2. The van der Waals surface area contributed by atoms with Gasteiger partial charge in [-0.15, -0.1) is 0 Å². The Labute approximate surface area is 751 Å². The summed E-state index contributed by atoms with van der Waals surface area (Å²) >= 11 is 0. The zero-order valence-electron chi connectivity index (χ0n) is 72.4. The van der Waals surface area contributed by atoms with Crippen molar-refractivity contribution >= 4 is 32.3 Å². The molecule has 9 heteroatoms. The van der Waals surface area contributed by atoms with Gasteiger partial charge in [0.05, 0.1) is 0 Å². The predicted octanol–water partition coefficient (Wildman–Crippen LogP) is 30.0. The van der Waals surface area contributed by atoms with Gasteiger partial charge in [0.15, 0.2) is 52.4 Å². The van der Waals surface area contributed by atoms with Crippen LogP contribution in [0.25, 0.3) is 202 Å². The highest BCUT2D eigenvalue weighted by molar-refractivity contribution is 5.99. The van der Waals surface area contributed by atoms with Crippen LogP contribution in [0.2, 0.25) is 0 Å². The molecule has 21 aromatic rings. The highest BCUT2D eigenvalue weighted by Gasteiger charge is 2.40. The second kappa shape index (κ2) is 32.4. The first kappa shape index (κ1) is 78.7. The van der Waals surface area contributed by atoms with Gasteiger partial charge in [-0.25, -0.2) is 44.9 Å². The molecule has 0 spiro atoms. The summed E-state index contributed by atoms with van der Waals surface area (Å²) < 4.78 is 0. The Morgan fingerprint density at radius 1 is 0.132 bits per heavy atom. The lowest BCUT2D eigenvalue weighted by Gasteiger charge is -2.25. The standard InChI is InChI=1S/3C40H29N3/c1-40(2)35-25-31-17-10-9-16-30(31)24-34(35)33-19-11-18-32(36(33)40)26-20-22-29(23-21-26)39-42-37(27-12-5-3-6-13-27)41-38(43-39)28-14-7-4-8-15-28;1-40(2)35-22-21-32(24-33(35)34-23-30-15-9-10-16-31(30)25-36(34)40)26-17-19-29(20-18-26)39-42-37(27-11-5-3-6-12-27)41-38(43-39)28-13-7-4-8-14-28;1-40(2)35-25-32(21-22-33(35)34-23-30-15-9-10-16-31(30)24-36(34)40)26-17-19-29(20-18-26)39-42-37(27-11-5-3-6-12-27)41-38(43-39)28-13-7-4-8-14-28/h3*3-25H,1-2H3. The molecule has 0 radical (unpaired) electrons. The first-order valence-corrected chi connectivity index (χ1v) is 44.1. The first-order valence-electron chi connectivity index (χ1n) is 44.1. The van der Waals surface area contributed by atoms with E-state index in [4.69, 9.17) is 44.9 Å². The monoisotopic (exact) mass is 1650 g/mol. The van der Waals surface area contributed by atoms with E-state index in [1.807, 2.05) is 182 Å². The van der Waals surface area contributed by atoms with Crippen molar-refractivity contribution in [3.8, 4) is 169 Å². The molecule has 0 N–H and O–H groups in total. The summed E-state index contributed by atoms with van der Waals surface area (Å²) in [6.45, 7) is 14.1. The number of hydrogen-bond donors (Lipinski definition) is 0. The molecule has 0 aliphatic heterocycles. The van der Waals surface area contributed by atoms with Crippen LogP contribution in [0.15, 0.2) is 419 Å². The number of hydrogen-bond acceptors (Lipinski definition) is 9. The Kier molecular flexibility index (Phi) is 19.8. The second-order valence-corrected chi connectivity index (χ2v) is 35.2. The molecular formula is C120H87N9. The van der Waals surface area contributed by atoms with Crippen molar-refractivity contribution in [2.75, 3.05) is 0 Å². The van der Waals surface area contributed by atoms with Gasteiger partial charge in [-0.1, -0.05) is 412 Å². The topological polar surface area (TPSA) is 116 Å². The fraction of sp³-hybridized carbons (Fsp3) is 0.0750. The third kappa shape index (κ3) is 14.7. The van der Waals surface area contributed by atoms with Crippen molar-refractivity contribution in [1.29, 1.82) is 0 Å². The normalized spacial score (nSPS) is 13.1. The van der Waals surface area contributed by atoms with Crippen LogP contribution in [-0.4, -0.2) is 44.9 Å². The van der Waals surface area contributed by atoms with Crippen LogP contribution in [-0.2, 0) is 16.2 Å². The molecule has 0 atom stereocenters. The molecule has 129 heavy (non-hydrogen) atoms. The predicted molar refractivity (Wildman–Crippen MR) is 530 cm³/mol. The molecule has 3 aliphatic rings. The molecule has 9 nitrogen and oxygen atoms in total. The maximum absolute atomic E-state index is 4.91. The fourth-order valence-corrected chi connectivity index (χ4v) is 19.3. The van der Waals surface area contributed by atoms with Gasteiger partial charge in [0.1, 0.15) is 0 Å². The van der Waals surface area contributed by atoms with Crippen LogP contribution in [0.3, 0.4) is 0 Å². The third-order valence-electron chi connectivity index (χ3n) is 26.1. The van der Waals surface area contributed by atoms with Gasteiger partial charge >= 0.3 is 0 Å². The van der Waals surface area contributed by atoms with Gasteiger partial charge in [0.25, 0.3) is 0 Å². The van der Waals surface area contributed by atoms with E-state index in [9.17, 15) is 0 Å². The molecule has 0 bridgehead atoms. The maximum Gasteiger partial charge on any atom is 0.164 e. The summed E-state index contributed by atoms with van der Waals surface area (Å²) in [6, 6.07) is 147. The Morgan fingerprint density at radius 2 is 0.357 bits per heavy atom. The minimum atomic E-state index is -0.118. The molecule has 3 heterocycles. The Morgan fingerprint density at radius 3 is 0.698 bits per heavy atom. The van der Waals surface area contributed by atoms with Crippen molar-refractivity contribution in [2.24, 2.45) is 0 Å². The van der Waals surface area contributed by atoms with Gasteiger partial charge in [-0.2, -0.15) is 0 Å². The Balaban J connectivity index is 0.000000114. The number of benzene rings is 18. The number of fused-ring (bicyclic) bond motifs is 12. The SMILES string of the molecule is CC1(C)c2cc(-c3ccc(-c4nc(-c5ccccc5)nc(-c5ccccc5)n4)cc3)ccc2-c2cc3ccccc3cc21.CC1(C)c2cc3ccccc3cc2-c2cccc(-c3ccc(-c4nc(-c5ccccc5)nc(-c5ccccc5)n4)cc3)c21.CC1(C)c2ccc(-c3ccc(-c4nc(-c5ccccc5)nc(-c5ccccc5)n4)cc3)cc2-c2cc3ccccc3cc21.